The van der Waals surface area contributed by atoms with E-state index in [2.05, 4.69) is 30.5 Å². The number of hydrogen-bond acceptors (Lipinski definition) is 3. The molecule has 2 aromatic rings. The Labute approximate surface area is 114 Å². The Balaban J connectivity index is 1.85. The summed E-state index contributed by atoms with van der Waals surface area (Å²) in [5.74, 6) is 2.83. The third-order valence-electron chi connectivity index (χ3n) is 4.67. The van der Waals surface area contributed by atoms with Crippen LogP contribution in [0.15, 0.2) is 22.8 Å². The van der Waals surface area contributed by atoms with E-state index in [0.717, 1.165) is 15.9 Å². The molecular weight excluding hydrogens is 292 g/mol. The van der Waals surface area contributed by atoms with Crippen molar-refractivity contribution in [3.8, 4) is 0 Å². The number of pyridine rings is 1. The van der Waals surface area contributed by atoms with Gasteiger partial charge in [-0.2, -0.15) is 0 Å². The molecule has 2 N–H and O–H groups in total. The molecule has 0 aliphatic heterocycles. The lowest BCUT2D eigenvalue weighted by atomic mass is 9.84. The van der Waals surface area contributed by atoms with E-state index < -0.39 is 0 Å². The van der Waals surface area contributed by atoms with Crippen LogP contribution in [0.1, 0.15) is 31.0 Å². The molecule has 2 aliphatic carbocycles. The smallest absolute Gasteiger partial charge is 0.160 e. The van der Waals surface area contributed by atoms with E-state index in [1.54, 1.807) is 0 Å². The van der Waals surface area contributed by atoms with Crippen LogP contribution in [-0.4, -0.2) is 20.6 Å². The van der Waals surface area contributed by atoms with Crippen molar-refractivity contribution in [2.75, 3.05) is 0 Å². The molecule has 2 fully saturated rings. The molecule has 2 heterocycles. The van der Waals surface area contributed by atoms with E-state index in [9.17, 15) is 0 Å². The summed E-state index contributed by atoms with van der Waals surface area (Å²) in [5.41, 5.74) is 7.30. The summed E-state index contributed by atoms with van der Waals surface area (Å²) < 4.78 is 3.14. The third kappa shape index (κ3) is 1.40. The number of hydrogen-bond donors (Lipinski definition) is 1. The monoisotopic (exact) mass is 306 g/mol. The molecule has 0 amide bonds. The van der Waals surface area contributed by atoms with Gasteiger partial charge in [0.25, 0.3) is 0 Å². The van der Waals surface area contributed by atoms with Gasteiger partial charge >= 0.3 is 0 Å². The molecule has 4 atom stereocenters. The summed E-state index contributed by atoms with van der Waals surface area (Å²) in [6, 6.07) is 4.24. The van der Waals surface area contributed by atoms with Crippen molar-refractivity contribution in [3.63, 3.8) is 0 Å². The van der Waals surface area contributed by atoms with E-state index in [4.69, 9.17) is 5.73 Å². The predicted octanol–water partition coefficient (Wildman–Crippen LogP) is 2.33. The van der Waals surface area contributed by atoms with E-state index in [-0.39, 0.29) is 6.04 Å². The highest BCUT2D eigenvalue weighted by Gasteiger charge is 2.48. The highest BCUT2D eigenvalue weighted by molar-refractivity contribution is 9.10. The molecule has 5 heteroatoms. The van der Waals surface area contributed by atoms with Crippen LogP contribution in [0, 0.1) is 11.8 Å². The van der Waals surface area contributed by atoms with Gasteiger partial charge in [-0.25, -0.2) is 0 Å². The molecule has 18 heavy (non-hydrogen) atoms. The van der Waals surface area contributed by atoms with Crippen LogP contribution in [0.25, 0.3) is 5.65 Å². The second kappa shape index (κ2) is 3.78. The Hall–Kier alpha value is -0.940. The Kier molecular flexibility index (Phi) is 2.29. The predicted molar refractivity (Wildman–Crippen MR) is 72.2 cm³/mol. The molecule has 2 aliphatic rings. The first-order valence-corrected chi connectivity index (χ1v) is 7.29. The van der Waals surface area contributed by atoms with Gasteiger partial charge in [-0.1, -0.05) is 0 Å². The van der Waals surface area contributed by atoms with Gasteiger partial charge in [-0.3, -0.25) is 4.40 Å². The minimum absolute atomic E-state index is 0.259. The molecule has 4 rings (SSSR count). The van der Waals surface area contributed by atoms with Crippen LogP contribution in [0.3, 0.4) is 0 Å². The van der Waals surface area contributed by atoms with Crippen LogP contribution >= 0.6 is 15.9 Å². The van der Waals surface area contributed by atoms with Gasteiger partial charge in [0.1, 0.15) is 5.82 Å². The van der Waals surface area contributed by atoms with Crippen LogP contribution < -0.4 is 5.73 Å². The fourth-order valence-electron chi connectivity index (χ4n) is 3.83. The number of rotatable bonds is 1. The SMILES string of the molecule is NC1C2CCC(C2)C1c1nnc2ccc(Br)cn12. The van der Waals surface area contributed by atoms with Crippen LogP contribution in [0.4, 0.5) is 0 Å². The average Bonchev–Trinajstić information content (AvgIpc) is 3.03. The molecule has 4 nitrogen and oxygen atoms in total. The Morgan fingerprint density at radius 3 is 2.83 bits per heavy atom. The van der Waals surface area contributed by atoms with E-state index in [1.807, 2.05) is 18.3 Å². The quantitative estimate of drug-likeness (QED) is 0.880. The summed E-state index contributed by atoms with van der Waals surface area (Å²) in [6.45, 7) is 0. The maximum absolute atomic E-state index is 6.39. The molecule has 0 saturated heterocycles. The van der Waals surface area contributed by atoms with E-state index in [1.165, 1.54) is 19.3 Å². The molecule has 2 bridgehead atoms. The van der Waals surface area contributed by atoms with Crippen LogP contribution in [-0.2, 0) is 0 Å². The highest BCUT2D eigenvalue weighted by atomic mass is 79.9. The molecule has 0 aromatic carbocycles. The minimum atomic E-state index is 0.259. The standard InChI is InChI=1S/C13H15BrN4/c14-9-3-4-10-16-17-13(18(10)6-9)11-7-1-2-8(5-7)12(11)15/h3-4,6-8,11-12H,1-2,5,15H2. The lowest BCUT2D eigenvalue weighted by Gasteiger charge is -2.26. The molecular formula is C13H15BrN4. The van der Waals surface area contributed by atoms with Crippen molar-refractivity contribution in [1.29, 1.82) is 0 Å². The fraction of sp³-hybridized carbons (Fsp3) is 0.538. The van der Waals surface area contributed by atoms with Crippen molar-refractivity contribution in [2.24, 2.45) is 17.6 Å². The van der Waals surface area contributed by atoms with Gasteiger partial charge in [0.05, 0.1) is 0 Å². The first-order chi connectivity index (χ1) is 8.74. The van der Waals surface area contributed by atoms with Crippen LogP contribution in [0.5, 0.6) is 0 Å². The van der Waals surface area contributed by atoms with Crippen molar-refractivity contribution in [1.82, 2.24) is 14.6 Å². The van der Waals surface area contributed by atoms with Gasteiger partial charge in [0, 0.05) is 22.6 Å². The third-order valence-corrected chi connectivity index (χ3v) is 5.14. The van der Waals surface area contributed by atoms with Crippen molar-refractivity contribution in [3.05, 3.63) is 28.6 Å². The average molecular weight is 307 g/mol. The number of fused-ring (bicyclic) bond motifs is 3. The molecule has 0 radical (unpaired) electrons. The van der Waals surface area contributed by atoms with E-state index in [0.29, 0.717) is 17.8 Å². The van der Waals surface area contributed by atoms with Crippen molar-refractivity contribution in [2.45, 2.75) is 31.2 Å². The molecule has 0 spiro atoms. The number of nitrogens with two attached hydrogens (primary N) is 1. The maximum Gasteiger partial charge on any atom is 0.160 e. The van der Waals surface area contributed by atoms with Gasteiger partial charge in [0.2, 0.25) is 0 Å². The summed E-state index contributed by atoms with van der Waals surface area (Å²) in [4.78, 5) is 0. The number of halogens is 1. The summed E-state index contributed by atoms with van der Waals surface area (Å²) in [6.07, 6.45) is 5.91. The second-order valence-corrected chi connectivity index (χ2v) is 6.49. The summed E-state index contributed by atoms with van der Waals surface area (Å²) >= 11 is 3.51. The van der Waals surface area contributed by atoms with Gasteiger partial charge < -0.3 is 5.73 Å². The minimum Gasteiger partial charge on any atom is -0.327 e. The largest absolute Gasteiger partial charge is 0.327 e. The van der Waals surface area contributed by atoms with E-state index >= 15 is 0 Å². The van der Waals surface area contributed by atoms with Gasteiger partial charge in [-0.05, 0) is 59.2 Å². The first kappa shape index (κ1) is 10.9. The molecule has 2 aromatic heterocycles. The highest BCUT2D eigenvalue weighted by Crippen LogP contribution is 2.51. The lowest BCUT2D eigenvalue weighted by molar-refractivity contribution is 0.352. The van der Waals surface area contributed by atoms with Crippen molar-refractivity contribution < 1.29 is 0 Å². The zero-order valence-electron chi connectivity index (χ0n) is 9.96. The number of nitrogens with zero attached hydrogens (tertiary/aromatic N) is 3. The zero-order valence-corrected chi connectivity index (χ0v) is 11.5. The van der Waals surface area contributed by atoms with Gasteiger partial charge in [0.15, 0.2) is 5.65 Å². The number of aromatic nitrogens is 3. The lowest BCUT2D eigenvalue weighted by Crippen LogP contribution is -2.35. The topological polar surface area (TPSA) is 56.2 Å². The Morgan fingerprint density at radius 1 is 1.22 bits per heavy atom. The van der Waals surface area contributed by atoms with Crippen molar-refractivity contribution >= 4 is 21.6 Å². The maximum atomic E-state index is 6.39. The van der Waals surface area contributed by atoms with Gasteiger partial charge in [-0.15, -0.1) is 10.2 Å². The normalized spacial score (nSPS) is 34.6. The fourth-order valence-corrected chi connectivity index (χ4v) is 4.17. The zero-order chi connectivity index (χ0) is 12.3. The summed E-state index contributed by atoms with van der Waals surface area (Å²) in [5, 5.41) is 8.66. The molecule has 4 unspecified atom stereocenters. The van der Waals surface area contributed by atoms with Crippen LogP contribution in [0.2, 0.25) is 0 Å². The molecule has 2 saturated carbocycles. The summed E-state index contributed by atoms with van der Waals surface area (Å²) in [7, 11) is 0. The molecule has 94 valence electrons. The Morgan fingerprint density at radius 2 is 2.06 bits per heavy atom. The first-order valence-electron chi connectivity index (χ1n) is 6.50. The second-order valence-electron chi connectivity index (χ2n) is 5.57. The Bertz CT molecular complexity index is 606.